The largest absolute Gasteiger partial charge is 0.478 e. The van der Waals surface area contributed by atoms with Gasteiger partial charge in [-0.25, -0.2) is 14.4 Å². The number of nitrogens with one attached hydrogen (secondary N) is 2. The van der Waals surface area contributed by atoms with E-state index in [0.29, 0.717) is 63.0 Å². The van der Waals surface area contributed by atoms with E-state index in [4.69, 9.17) is 14.2 Å². The predicted molar refractivity (Wildman–Crippen MR) is 133 cm³/mol. The summed E-state index contributed by atoms with van der Waals surface area (Å²) in [6, 6.07) is 3.40. The maximum Gasteiger partial charge on any atom is 0.223 e. The minimum atomic E-state index is -0.592. The number of ether oxygens (including phenoxy) is 3. The monoisotopic (exact) mass is 501 g/mol. The fraction of sp³-hybridized carbons (Fsp3) is 0.720. The second-order valence-electron chi connectivity index (χ2n) is 10.0. The highest BCUT2D eigenvalue weighted by Crippen LogP contribution is 2.31. The summed E-state index contributed by atoms with van der Waals surface area (Å²) >= 11 is 0. The van der Waals surface area contributed by atoms with Crippen molar-refractivity contribution in [2.24, 2.45) is 15.6 Å². The number of aromatic nitrogens is 2. The Bertz CT molecular complexity index is 969. The van der Waals surface area contributed by atoms with E-state index < -0.39 is 17.2 Å². The molecule has 0 spiro atoms. The summed E-state index contributed by atoms with van der Waals surface area (Å²) in [6.45, 7) is 4.12. The summed E-state index contributed by atoms with van der Waals surface area (Å²) in [4.78, 5) is 8.67. The third-order valence-corrected chi connectivity index (χ3v) is 7.13. The van der Waals surface area contributed by atoms with E-state index in [0.717, 1.165) is 25.7 Å². The van der Waals surface area contributed by atoms with Crippen LogP contribution in [0.2, 0.25) is 0 Å². The number of nitriles is 1. The van der Waals surface area contributed by atoms with Crippen molar-refractivity contribution in [1.82, 2.24) is 15.3 Å². The number of rotatable bonds is 9. The Morgan fingerprint density at radius 2 is 2.00 bits per heavy atom. The van der Waals surface area contributed by atoms with Gasteiger partial charge in [-0.1, -0.05) is 0 Å². The summed E-state index contributed by atoms with van der Waals surface area (Å²) in [5, 5.41) is 24.7. The van der Waals surface area contributed by atoms with Gasteiger partial charge in [-0.15, -0.1) is 5.10 Å². The average molecular weight is 502 g/mol. The Labute approximate surface area is 211 Å². The first-order valence-electron chi connectivity index (χ1n) is 12.8. The molecule has 2 fully saturated rings. The number of hydrogen-bond donors (Lipinski definition) is 2. The molecule has 196 valence electrons. The second-order valence-corrected chi connectivity index (χ2v) is 10.0. The first-order valence-corrected chi connectivity index (χ1v) is 12.8. The topological polar surface area (TPSA) is 126 Å². The summed E-state index contributed by atoms with van der Waals surface area (Å²) in [6.07, 6.45) is 8.39. The van der Waals surface area contributed by atoms with Crippen molar-refractivity contribution in [3.05, 3.63) is 17.7 Å². The normalized spacial score (nSPS) is 26.5. The molecular weight excluding hydrogens is 465 g/mol. The first kappa shape index (κ1) is 26.4. The van der Waals surface area contributed by atoms with Crippen LogP contribution in [-0.2, 0) is 14.2 Å². The van der Waals surface area contributed by atoms with E-state index in [2.05, 4.69) is 43.8 Å². The van der Waals surface area contributed by atoms with Gasteiger partial charge in [-0.3, -0.25) is 0 Å². The van der Waals surface area contributed by atoms with Gasteiger partial charge in [-0.2, -0.15) is 10.4 Å². The van der Waals surface area contributed by atoms with E-state index in [1.807, 2.05) is 0 Å². The molecule has 36 heavy (non-hydrogen) atoms. The highest BCUT2D eigenvalue weighted by Gasteiger charge is 2.35. The van der Waals surface area contributed by atoms with E-state index in [1.165, 1.54) is 6.20 Å². The molecule has 2 N–H and O–H groups in total. The second kappa shape index (κ2) is 12.5. The lowest BCUT2D eigenvalue weighted by molar-refractivity contribution is 0.0160. The van der Waals surface area contributed by atoms with Crippen LogP contribution in [0, 0.1) is 22.6 Å². The van der Waals surface area contributed by atoms with Gasteiger partial charge in [0, 0.05) is 51.1 Å². The lowest BCUT2D eigenvalue weighted by atomic mass is 9.83. The predicted octanol–water partition coefficient (Wildman–Crippen LogP) is 3.17. The van der Waals surface area contributed by atoms with Crippen molar-refractivity contribution in [2.45, 2.75) is 75.9 Å². The molecule has 11 heteroatoms. The van der Waals surface area contributed by atoms with Gasteiger partial charge >= 0.3 is 0 Å². The lowest BCUT2D eigenvalue weighted by Gasteiger charge is -2.31. The Hall–Kier alpha value is -2.68. The van der Waals surface area contributed by atoms with Crippen molar-refractivity contribution >= 4 is 18.1 Å². The molecule has 1 aromatic rings. The molecule has 0 aromatic carbocycles. The van der Waals surface area contributed by atoms with Crippen molar-refractivity contribution < 1.29 is 18.6 Å². The third kappa shape index (κ3) is 6.96. The zero-order valence-electron chi connectivity index (χ0n) is 21.1. The van der Waals surface area contributed by atoms with Crippen LogP contribution in [0.15, 0.2) is 16.4 Å². The maximum atomic E-state index is 14.7. The number of anilines is 1. The molecule has 3 heterocycles. The molecule has 0 bridgehead atoms. The van der Waals surface area contributed by atoms with Crippen LogP contribution in [0.5, 0.6) is 0 Å². The quantitative estimate of drug-likeness (QED) is 0.528. The van der Waals surface area contributed by atoms with Gasteiger partial charge in [0.1, 0.15) is 6.61 Å². The average Bonchev–Trinajstić information content (AvgIpc) is 2.90. The van der Waals surface area contributed by atoms with Crippen LogP contribution in [0.4, 0.5) is 10.3 Å². The molecule has 0 amide bonds. The highest BCUT2D eigenvalue weighted by molar-refractivity contribution is 5.85. The molecule has 4 rings (SSSR count). The smallest absolute Gasteiger partial charge is 0.223 e. The molecule has 10 nitrogen and oxygen atoms in total. The number of nitrogens with zero attached hydrogens (tertiary/aromatic N) is 5. The van der Waals surface area contributed by atoms with Crippen LogP contribution in [0.25, 0.3) is 0 Å². The minimum Gasteiger partial charge on any atom is -0.478 e. The van der Waals surface area contributed by atoms with Crippen molar-refractivity contribution in [1.29, 1.82) is 5.26 Å². The maximum absolute atomic E-state index is 14.7. The van der Waals surface area contributed by atoms with Crippen LogP contribution in [0.3, 0.4) is 0 Å². The third-order valence-electron chi connectivity index (χ3n) is 7.13. The molecular formula is C25H36FN7O3. The van der Waals surface area contributed by atoms with Crippen LogP contribution in [-0.4, -0.2) is 73.7 Å². The van der Waals surface area contributed by atoms with Crippen LogP contribution in [0.1, 0.15) is 63.5 Å². The van der Waals surface area contributed by atoms with Gasteiger partial charge in [0.25, 0.3) is 0 Å². The van der Waals surface area contributed by atoms with Crippen molar-refractivity contribution in [2.75, 3.05) is 38.9 Å². The van der Waals surface area contributed by atoms with E-state index in [1.54, 1.807) is 13.3 Å². The molecule has 1 unspecified atom stereocenters. The summed E-state index contributed by atoms with van der Waals surface area (Å²) < 4.78 is 31.2. The Morgan fingerprint density at radius 3 is 2.72 bits per heavy atom. The van der Waals surface area contributed by atoms with E-state index in [9.17, 15) is 9.65 Å². The Morgan fingerprint density at radius 1 is 1.25 bits per heavy atom. The first-order chi connectivity index (χ1) is 17.5. The Balaban J connectivity index is 1.31. The standard InChI is InChI=1S/C25H36FN7O3/c1-17(14-34-2)30-19-3-5-20(6-4-19)31-24-28-13-21(26)23(32-24)18-11-22(33-29-12-18)36-16-25(15-27)7-9-35-10-8-25/h12-13,17-20,30H,3-11,14,16H2,1-2H3,(H,28,31,32)/t17-,18?,19?,20?/m0/s1. The fourth-order valence-corrected chi connectivity index (χ4v) is 4.98. The zero-order chi connectivity index (χ0) is 25.4. The molecule has 2 aliphatic heterocycles. The zero-order valence-corrected chi connectivity index (χ0v) is 21.1. The lowest BCUT2D eigenvalue weighted by Crippen LogP contribution is -2.43. The molecule has 2 atom stereocenters. The van der Waals surface area contributed by atoms with Gasteiger partial charge in [0.05, 0.1) is 35.9 Å². The molecule has 0 radical (unpaired) electrons. The minimum absolute atomic E-state index is 0.217. The molecule has 3 aliphatic rings. The Kier molecular flexibility index (Phi) is 9.18. The van der Waals surface area contributed by atoms with Gasteiger partial charge < -0.3 is 24.8 Å². The SMILES string of the molecule is COC[C@H](C)NC1CCC(Nc2ncc(F)c(C3C=NN=C(OCC4(C#N)CCOCC4)C3)n2)CC1. The summed E-state index contributed by atoms with van der Waals surface area (Å²) in [5.74, 6) is -0.114. The number of hydrogen-bond acceptors (Lipinski definition) is 10. The summed E-state index contributed by atoms with van der Waals surface area (Å²) in [5.41, 5.74) is -0.331. The molecule has 1 saturated heterocycles. The highest BCUT2D eigenvalue weighted by atomic mass is 19.1. The van der Waals surface area contributed by atoms with E-state index in [-0.39, 0.29) is 18.3 Å². The van der Waals surface area contributed by atoms with Crippen LogP contribution < -0.4 is 10.6 Å². The fourth-order valence-electron chi connectivity index (χ4n) is 4.98. The van der Waals surface area contributed by atoms with E-state index >= 15 is 0 Å². The van der Waals surface area contributed by atoms with Crippen LogP contribution >= 0.6 is 0 Å². The molecule has 1 saturated carbocycles. The number of methoxy groups -OCH3 is 1. The van der Waals surface area contributed by atoms with Crippen molar-refractivity contribution in [3.63, 3.8) is 0 Å². The van der Waals surface area contributed by atoms with Crippen molar-refractivity contribution in [3.8, 4) is 6.07 Å². The molecule has 1 aromatic heterocycles. The van der Waals surface area contributed by atoms with Gasteiger partial charge in [-0.05, 0) is 45.4 Å². The van der Waals surface area contributed by atoms with Gasteiger partial charge in [0.15, 0.2) is 5.82 Å². The molecule has 1 aliphatic carbocycles. The number of halogens is 1. The van der Waals surface area contributed by atoms with Gasteiger partial charge in [0.2, 0.25) is 11.8 Å². The summed E-state index contributed by atoms with van der Waals surface area (Å²) in [7, 11) is 1.72.